The van der Waals surface area contributed by atoms with Gasteiger partial charge >= 0.3 is 0 Å². The van der Waals surface area contributed by atoms with Gasteiger partial charge in [-0.2, -0.15) is 0 Å². The minimum Gasteiger partial charge on any atom is -0.504 e. The Morgan fingerprint density at radius 2 is 1.79 bits per heavy atom. The summed E-state index contributed by atoms with van der Waals surface area (Å²) in [7, 11) is 1.57. The average Bonchev–Trinajstić information content (AvgIpc) is 2.62. The topological polar surface area (TPSA) is 53.5 Å². The normalized spacial score (nSPS) is 18.7. The van der Waals surface area contributed by atoms with Gasteiger partial charge in [0.25, 0.3) is 0 Å². The summed E-state index contributed by atoms with van der Waals surface area (Å²) in [5.74, 6) is 0.791. The van der Waals surface area contributed by atoms with Crippen molar-refractivity contribution in [2.24, 2.45) is 0 Å². The average molecular weight is 326 g/mol. The van der Waals surface area contributed by atoms with Crippen molar-refractivity contribution in [1.29, 1.82) is 0 Å². The lowest BCUT2D eigenvalue weighted by atomic mass is 9.95. The molecule has 24 heavy (non-hydrogen) atoms. The Morgan fingerprint density at radius 3 is 2.54 bits per heavy atom. The van der Waals surface area contributed by atoms with E-state index in [2.05, 4.69) is 41.8 Å². The van der Waals surface area contributed by atoms with Gasteiger partial charge < -0.3 is 20.5 Å². The van der Waals surface area contributed by atoms with Crippen LogP contribution in [0.25, 0.3) is 0 Å². The highest BCUT2D eigenvalue weighted by molar-refractivity contribution is 5.48. The van der Waals surface area contributed by atoms with E-state index in [4.69, 9.17) is 4.74 Å². The van der Waals surface area contributed by atoms with Crippen LogP contribution in [0, 0.1) is 0 Å². The molecule has 4 heteroatoms. The van der Waals surface area contributed by atoms with Gasteiger partial charge in [-0.3, -0.25) is 0 Å². The molecule has 1 unspecified atom stereocenters. The summed E-state index contributed by atoms with van der Waals surface area (Å²) >= 11 is 0. The van der Waals surface area contributed by atoms with Crippen LogP contribution in [0.3, 0.4) is 0 Å². The minimum absolute atomic E-state index is 0.236. The Bertz CT molecular complexity index is 675. The molecule has 4 rings (SSSR count). The zero-order valence-corrected chi connectivity index (χ0v) is 14.4. The van der Waals surface area contributed by atoms with Crippen molar-refractivity contribution in [3.8, 4) is 11.5 Å². The van der Waals surface area contributed by atoms with Crippen molar-refractivity contribution >= 4 is 0 Å². The van der Waals surface area contributed by atoms with Crippen molar-refractivity contribution in [3.05, 3.63) is 58.7 Å². The fourth-order valence-corrected chi connectivity index (χ4v) is 3.36. The summed E-state index contributed by atoms with van der Waals surface area (Å²) in [4.78, 5) is 0. The first-order chi connectivity index (χ1) is 11.7. The van der Waals surface area contributed by atoms with Gasteiger partial charge in [-0.05, 0) is 67.2 Å². The number of phenolic OH excluding ortho intramolecular Hbond substituents is 1. The Balaban J connectivity index is 0.000000149. The Hall–Kier alpha value is -2.04. The van der Waals surface area contributed by atoms with Crippen molar-refractivity contribution in [1.82, 2.24) is 10.6 Å². The largest absolute Gasteiger partial charge is 0.504 e. The number of fused-ring (bicyclic) bond motifs is 2. The van der Waals surface area contributed by atoms with E-state index in [1.165, 1.54) is 28.7 Å². The molecule has 0 aromatic heterocycles. The second-order valence-corrected chi connectivity index (χ2v) is 6.34. The summed E-state index contributed by atoms with van der Waals surface area (Å²) in [5.41, 5.74) is 5.43. The van der Waals surface area contributed by atoms with Crippen LogP contribution in [0.15, 0.2) is 36.4 Å². The van der Waals surface area contributed by atoms with Gasteiger partial charge in [0.1, 0.15) is 0 Å². The van der Waals surface area contributed by atoms with Crippen molar-refractivity contribution < 1.29 is 9.84 Å². The van der Waals surface area contributed by atoms with E-state index in [1.807, 2.05) is 12.1 Å². The zero-order chi connectivity index (χ0) is 16.9. The zero-order valence-electron chi connectivity index (χ0n) is 14.4. The maximum absolute atomic E-state index is 9.61. The van der Waals surface area contributed by atoms with Crippen LogP contribution >= 0.6 is 0 Å². The number of rotatable bonds is 1. The maximum atomic E-state index is 9.61. The number of nitrogens with one attached hydrogen (secondary N) is 2. The highest BCUT2D eigenvalue weighted by Gasteiger charge is 2.18. The summed E-state index contributed by atoms with van der Waals surface area (Å²) in [6.45, 7) is 5.28. The van der Waals surface area contributed by atoms with E-state index in [0.717, 1.165) is 26.1 Å². The van der Waals surface area contributed by atoms with Crippen LogP contribution < -0.4 is 15.4 Å². The highest BCUT2D eigenvalue weighted by atomic mass is 16.5. The Labute approximate surface area is 143 Å². The van der Waals surface area contributed by atoms with Crippen LogP contribution in [0.4, 0.5) is 0 Å². The lowest BCUT2D eigenvalue weighted by Gasteiger charge is -2.24. The van der Waals surface area contributed by atoms with E-state index in [0.29, 0.717) is 11.8 Å². The van der Waals surface area contributed by atoms with E-state index in [9.17, 15) is 5.11 Å². The van der Waals surface area contributed by atoms with E-state index < -0.39 is 0 Å². The summed E-state index contributed by atoms with van der Waals surface area (Å²) in [5, 5.41) is 16.3. The Kier molecular flexibility index (Phi) is 5.38. The quantitative estimate of drug-likeness (QED) is 0.754. The molecule has 128 valence electrons. The molecule has 2 heterocycles. The third kappa shape index (κ3) is 3.71. The molecule has 0 aliphatic carbocycles. The monoisotopic (exact) mass is 326 g/mol. The second-order valence-electron chi connectivity index (χ2n) is 6.34. The van der Waals surface area contributed by atoms with Crippen LogP contribution in [-0.2, 0) is 19.4 Å². The molecule has 0 saturated carbocycles. The van der Waals surface area contributed by atoms with Gasteiger partial charge in [-0.15, -0.1) is 0 Å². The fraction of sp³-hybridized carbons (Fsp3) is 0.400. The molecule has 0 saturated heterocycles. The third-order valence-electron chi connectivity index (χ3n) is 4.76. The molecule has 0 fully saturated rings. The van der Waals surface area contributed by atoms with Crippen LogP contribution in [0.2, 0.25) is 0 Å². The first-order valence-corrected chi connectivity index (χ1v) is 8.59. The molecule has 2 aliphatic heterocycles. The number of ether oxygens (including phenoxy) is 1. The van der Waals surface area contributed by atoms with Crippen LogP contribution in [-0.4, -0.2) is 25.3 Å². The number of hydrogen-bond acceptors (Lipinski definition) is 4. The lowest BCUT2D eigenvalue weighted by molar-refractivity contribution is 0.370. The molecule has 2 aromatic rings. The first-order valence-electron chi connectivity index (χ1n) is 8.59. The van der Waals surface area contributed by atoms with Gasteiger partial charge in [-0.1, -0.05) is 24.3 Å². The third-order valence-corrected chi connectivity index (χ3v) is 4.76. The van der Waals surface area contributed by atoms with E-state index in [-0.39, 0.29) is 5.75 Å². The number of methoxy groups -OCH3 is 1. The maximum Gasteiger partial charge on any atom is 0.160 e. The predicted molar refractivity (Wildman–Crippen MR) is 96.6 cm³/mol. The summed E-state index contributed by atoms with van der Waals surface area (Å²) in [6.07, 6.45) is 2.16. The molecule has 2 aliphatic rings. The number of hydrogen-bond donors (Lipinski definition) is 3. The fourth-order valence-electron chi connectivity index (χ4n) is 3.36. The standard InChI is InChI=1S/C11H15NO2.C9H11N/c1-7-9-6-11(14-2)10(13)5-8(9)3-4-12-7;1-2-4-9-7-10-6-5-8(9)3-1/h5-7,12-13H,3-4H2,1-2H3;1-4,10H,5-7H2. The molecular weight excluding hydrogens is 300 g/mol. The van der Waals surface area contributed by atoms with E-state index in [1.54, 1.807) is 7.11 Å². The van der Waals surface area contributed by atoms with Crippen molar-refractivity contribution in [2.75, 3.05) is 20.2 Å². The molecular formula is C20H26N2O2. The number of phenols is 1. The van der Waals surface area contributed by atoms with Crippen LogP contribution in [0.5, 0.6) is 11.5 Å². The van der Waals surface area contributed by atoms with Crippen molar-refractivity contribution in [3.63, 3.8) is 0 Å². The van der Waals surface area contributed by atoms with Crippen molar-refractivity contribution in [2.45, 2.75) is 32.4 Å². The smallest absolute Gasteiger partial charge is 0.160 e. The first kappa shape index (κ1) is 16.8. The summed E-state index contributed by atoms with van der Waals surface area (Å²) in [6, 6.07) is 12.7. The van der Waals surface area contributed by atoms with Gasteiger partial charge in [0, 0.05) is 12.6 Å². The SMILES string of the molecule is COc1cc2c(cc1O)CCNC2C.c1ccc2c(c1)CCNC2. The number of aromatic hydroxyl groups is 1. The van der Waals surface area contributed by atoms with Gasteiger partial charge in [0.05, 0.1) is 7.11 Å². The van der Waals surface area contributed by atoms with Gasteiger partial charge in [0.15, 0.2) is 11.5 Å². The predicted octanol–water partition coefficient (Wildman–Crippen LogP) is 2.94. The minimum atomic E-state index is 0.236. The van der Waals surface area contributed by atoms with Gasteiger partial charge in [-0.25, -0.2) is 0 Å². The number of benzene rings is 2. The molecule has 0 radical (unpaired) electrons. The molecule has 0 bridgehead atoms. The van der Waals surface area contributed by atoms with Gasteiger partial charge in [0.2, 0.25) is 0 Å². The molecule has 0 spiro atoms. The Morgan fingerprint density at radius 1 is 1.04 bits per heavy atom. The lowest BCUT2D eigenvalue weighted by Crippen LogP contribution is -2.27. The molecule has 2 aromatic carbocycles. The van der Waals surface area contributed by atoms with E-state index >= 15 is 0 Å². The second kappa shape index (κ2) is 7.69. The highest BCUT2D eigenvalue weighted by Crippen LogP contribution is 2.33. The molecule has 0 amide bonds. The summed E-state index contributed by atoms with van der Waals surface area (Å²) < 4.78 is 5.08. The van der Waals surface area contributed by atoms with Crippen LogP contribution in [0.1, 0.15) is 35.2 Å². The molecule has 4 nitrogen and oxygen atoms in total. The molecule has 3 N–H and O–H groups in total. The molecule has 1 atom stereocenters.